The molecule has 1 aliphatic heterocycles. The standard InChI is InChI=1S/C26H26ClF3N6O5/c1-38-9-10-39-8-7-32-24(37)16-5-6-31-22-20(11-16)23(35-15-34-22)36-17-12-21(27)25(33-14-17)40-18-3-2-4-19(13-18)41-26(28,29)30/h2-4,11-15H,5-10H2,1H3,(H,32,37)(H2,31,34,35,36). The van der Waals surface area contributed by atoms with E-state index in [1.54, 1.807) is 13.2 Å². The zero-order chi connectivity index (χ0) is 29.2. The summed E-state index contributed by atoms with van der Waals surface area (Å²) in [6, 6.07) is 6.50. The van der Waals surface area contributed by atoms with E-state index in [1.165, 1.54) is 30.7 Å². The maximum Gasteiger partial charge on any atom is 0.573 e. The molecule has 1 aliphatic rings. The van der Waals surface area contributed by atoms with Crippen molar-refractivity contribution < 1.29 is 36.9 Å². The first-order valence-corrected chi connectivity index (χ1v) is 12.7. The average Bonchev–Trinajstić information content (AvgIpc) is 3.15. The van der Waals surface area contributed by atoms with E-state index in [4.69, 9.17) is 25.8 Å². The second-order valence-electron chi connectivity index (χ2n) is 8.45. The number of nitrogens with zero attached hydrogens (tertiary/aromatic N) is 3. The number of amides is 1. The van der Waals surface area contributed by atoms with E-state index in [2.05, 4.69) is 35.6 Å². The molecule has 0 aliphatic carbocycles. The first kappa shape index (κ1) is 29.8. The van der Waals surface area contributed by atoms with Crippen molar-refractivity contribution in [2.75, 3.05) is 50.7 Å². The summed E-state index contributed by atoms with van der Waals surface area (Å²) < 4.78 is 57.3. The van der Waals surface area contributed by atoms with Gasteiger partial charge in [-0.05, 0) is 30.7 Å². The normalized spacial score (nSPS) is 12.9. The Morgan fingerprint density at radius 1 is 1.12 bits per heavy atom. The molecule has 3 aromatic rings. The number of halogens is 4. The van der Waals surface area contributed by atoms with E-state index in [9.17, 15) is 18.0 Å². The van der Waals surface area contributed by atoms with Crippen LogP contribution < -0.4 is 25.4 Å². The van der Waals surface area contributed by atoms with Gasteiger partial charge in [-0.1, -0.05) is 17.7 Å². The molecule has 0 bridgehead atoms. The molecule has 3 N–H and O–H groups in total. The van der Waals surface area contributed by atoms with Crippen molar-refractivity contribution in [2.45, 2.75) is 12.8 Å². The number of methoxy groups -OCH3 is 1. The lowest BCUT2D eigenvalue weighted by Crippen LogP contribution is -2.29. The minimum atomic E-state index is -4.84. The zero-order valence-electron chi connectivity index (χ0n) is 21.8. The minimum Gasteiger partial charge on any atom is -0.437 e. The summed E-state index contributed by atoms with van der Waals surface area (Å²) >= 11 is 6.35. The van der Waals surface area contributed by atoms with Crippen LogP contribution in [0.4, 0.5) is 30.5 Å². The van der Waals surface area contributed by atoms with Gasteiger partial charge in [0, 0.05) is 31.8 Å². The number of hydrogen-bond acceptors (Lipinski definition) is 10. The van der Waals surface area contributed by atoms with Crippen LogP contribution in [0.2, 0.25) is 5.02 Å². The van der Waals surface area contributed by atoms with Crippen LogP contribution in [0.15, 0.2) is 48.4 Å². The topological polar surface area (TPSA) is 129 Å². The number of alkyl halides is 3. The van der Waals surface area contributed by atoms with Gasteiger partial charge < -0.3 is 34.9 Å². The van der Waals surface area contributed by atoms with Crippen LogP contribution in [0, 0.1) is 0 Å². The number of aromatic nitrogens is 3. The van der Waals surface area contributed by atoms with Crippen LogP contribution >= 0.6 is 11.6 Å². The third-order valence-electron chi connectivity index (χ3n) is 5.47. The number of benzene rings is 1. The maximum absolute atomic E-state index is 12.8. The van der Waals surface area contributed by atoms with Crippen molar-refractivity contribution in [1.29, 1.82) is 0 Å². The Bertz CT molecular complexity index is 1390. The lowest BCUT2D eigenvalue weighted by Gasteiger charge is -2.13. The first-order chi connectivity index (χ1) is 19.7. The SMILES string of the molecule is COCCOCCNC(=O)C1=Cc2c(ncnc2Nc2cnc(Oc3cccc(OC(F)(F)F)c3)c(Cl)c2)NCC1. The molecule has 0 saturated heterocycles. The molecule has 0 fully saturated rings. The van der Waals surface area contributed by atoms with Gasteiger partial charge in [0.1, 0.15) is 34.5 Å². The van der Waals surface area contributed by atoms with Crippen molar-refractivity contribution in [1.82, 2.24) is 20.3 Å². The lowest BCUT2D eigenvalue weighted by molar-refractivity contribution is -0.274. The van der Waals surface area contributed by atoms with Crippen LogP contribution in [0.3, 0.4) is 0 Å². The fourth-order valence-corrected chi connectivity index (χ4v) is 3.87. The summed E-state index contributed by atoms with van der Waals surface area (Å²) in [7, 11) is 1.58. The Labute approximate surface area is 238 Å². The summed E-state index contributed by atoms with van der Waals surface area (Å²) in [6.45, 7) is 2.10. The number of rotatable bonds is 12. The number of fused-ring (bicyclic) bond motifs is 1. The Morgan fingerprint density at radius 3 is 2.73 bits per heavy atom. The van der Waals surface area contributed by atoms with E-state index < -0.39 is 12.1 Å². The van der Waals surface area contributed by atoms with E-state index >= 15 is 0 Å². The van der Waals surface area contributed by atoms with Crippen molar-refractivity contribution in [3.63, 3.8) is 0 Å². The number of pyridine rings is 1. The van der Waals surface area contributed by atoms with Gasteiger partial charge >= 0.3 is 6.36 Å². The molecule has 4 rings (SSSR count). The quantitative estimate of drug-likeness (QED) is 0.248. The molecule has 0 atom stereocenters. The Balaban J connectivity index is 1.45. The van der Waals surface area contributed by atoms with E-state index in [-0.39, 0.29) is 22.6 Å². The van der Waals surface area contributed by atoms with Crippen molar-refractivity contribution in [3.8, 4) is 17.4 Å². The molecule has 3 heterocycles. The highest BCUT2D eigenvalue weighted by Gasteiger charge is 2.31. The molecular weight excluding hydrogens is 569 g/mol. The molecule has 218 valence electrons. The smallest absolute Gasteiger partial charge is 0.437 e. The number of anilines is 3. The van der Waals surface area contributed by atoms with Gasteiger partial charge in [0.2, 0.25) is 11.8 Å². The second kappa shape index (κ2) is 14.0. The Kier molecular flexibility index (Phi) is 10.2. The summed E-state index contributed by atoms with van der Waals surface area (Å²) in [6.07, 6.45) is 0.112. The van der Waals surface area contributed by atoms with Gasteiger partial charge in [0.15, 0.2) is 0 Å². The van der Waals surface area contributed by atoms with Crippen LogP contribution in [-0.2, 0) is 14.3 Å². The Morgan fingerprint density at radius 2 is 1.95 bits per heavy atom. The fraction of sp³-hybridized carbons (Fsp3) is 0.308. The molecule has 0 spiro atoms. The van der Waals surface area contributed by atoms with Gasteiger partial charge in [0.05, 0.1) is 37.3 Å². The number of ether oxygens (including phenoxy) is 4. The van der Waals surface area contributed by atoms with Crippen molar-refractivity contribution in [3.05, 3.63) is 59.0 Å². The highest BCUT2D eigenvalue weighted by molar-refractivity contribution is 6.32. The third kappa shape index (κ3) is 8.93. The highest BCUT2D eigenvalue weighted by Crippen LogP contribution is 2.34. The molecule has 0 radical (unpaired) electrons. The molecule has 1 amide bonds. The van der Waals surface area contributed by atoms with Crippen molar-refractivity contribution in [2.24, 2.45) is 0 Å². The van der Waals surface area contributed by atoms with Crippen molar-refractivity contribution >= 4 is 40.9 Å². The summed E-state index contributed by atoms with van der Waals surface area (Å²) in [5, 5.41) is 9.22. The molecule has 11 nitrogen and oxygen atoms in total. The highest BCUT2D eigenvalue weighted by atomic mass is 35.5. The maximum atomic E-state index is 12.8. The molecular formula is C26H26ClF3N6O5. The Hall–Kier alpha value is -4.14. The minimum absolute atomic E-state index is 0.0328. The molecule has 0 unspecified atom stereocenters. The lowest BCUT2D eigenvalue weighted by atomic mass is 10.1. The second-order valence-corrected chi connectivity index (χ2v) is 8.86. The number of carbonyl (C=O) groups is 1. The average molecular weight is 595 g/mol. The molecule has 0 saturated carbocycles. The van der Waals surface area contributed by atoms with Crippen LogP contribution in [-0.4, -0.2) is 67.2 Å². The number of nitrogens with one attached hydrogen (secondary N) is 3. The largest absolute Gasteiger partial charge is 0.573 e. The summed E-state index contributed by atoms with van der Waals surface area (Å²) in [5.41, 5.74) is 1.53. The van der Waals surface area contributed by atoms with Gasteiger partial charge in [-0.2, -0.15) is 0 Å². The zero-order valence-corrected chi connectivity index (χ0v) is 22.5. The van der Waals surface area contributed by atoms with Gasteiger partial charge in [-0.3, -0.25) is 4.79 Å². The monoisotopic (exact) mass is 594 g/mol. The first-order valence-electron chi connectivity index (χ1n) is 12.3. The predicted molar refractivity (Wildman–Crippen MR) is 145 cm³/mol. The fourth-order valence-electron chi connectivity index (χ4n) is 3.66. The van der Waals surface area contributed by atoms with E-state index in [0.717, 1.165) is 12.1 Å². The molecule has 2 aromatic heterocycles. The number of hydrogen-bond donors (Lipinski definition) is 3. The third-order valence-corrected chi connectivity index (χ3v) is 5.74. The molecule has 1 aromatic carbocycles. The van der Waals surface area contributed by atoms with Crippen LogP contribution in [0.5, 0.6) is 17.4 Å². The van der Waals surface area contributed by atoms with Gasteiger partial charge in [0.25, 0.3) is 0 Å². The van der Waals surface area contributed by atoms with Crippen LogP contribution in [0.1, 0.15) is 12.0 Å². The predicted octanol–water partition coefficient (Wildman–Crippen LogP) is 4.94. The van der Waals surface area contributed by atoms with Crippen LogP contribution in [0.25, 0.3) is 6.08 Å². The van der Waals surface area contributed by atoms with E-state index in [0.29, 0.717) is 67.8 Å². The van der Waals surface area contributed by atoms with Gasteiger partial charge in [-0.15, -0.1) is 13.2 Å². The molecule has 15 heteroatoms. The summed E-state index contributed by atoms with van der Waals surface area (Å²) in [5.74, 6) is 0.259. The van der Waals surface area contributed by atoms with Gasteiger partial charge in [-0.25, -0.2) is 15.0 Å². The number of carbonyl (C=O) groups excluding carboxylic acids is 1. The summed E-state index contributed by atoms with van der Waals surface area (Å²) in [4.78, 5) is 25.5. The van der Waals surface area contributed by atoms with E-state index in [1.807, 2.05) is 0 Å². The molecule has 41 heavy (non-hydrogen) atoms.